The number of aromatic nitrogens is 1. The van der Waals surface area contributed by atoms with Gasteiger partial charge >= 0.3 is 5.97 Å². The van der Waals surface area contributed by atoms with Crippen molar-refractivity contribution in [1.29, 1.82) is 0 Å². The average molecular weight is 475 g/mol. The zero-order valence-corrected chi connectivity index (χ0v) is 21.2. The number of thiazole rings is 1. The van der Waals surface area contributed by atoms with E-state index in [0.29, 0.717) is 37.3 Å². The van der Waals surface area contributed by atoms with Crippen LogP contribution in [0.1, 0.15) is 77.6 Å². The Kier molecular flexibility index (Phi) is 6.83. The van der Waals surface area contributed by atoms with Crippen molar-refractivity contribution in [2.45, 2.75) is 78.2 Å². The molecule has 4 rings (SSSR count). The molecule has 0 radical (unpaired) electrons. The van der Waals surface area contributed by atoms with E-state index >= 15 is 0 Å². The number of nitrogens with zero attached hydrogens (tertiary/aromatic N) is 4. The molecule has 8 heteroatoms. The van der Waals surface area contributed by atoms with Gasteiger partial charge in [-0.15, -0.1) is 11.3 Å². The largest absolute Gasteiger partial charge is 0.466 e. The van der Waals surface area contributed by atoms with Gasteiger partial charge in [-0.1, -0.05) is 32.3 Å². The average Bonchev–Trinajstić information content (AvgIpc) is 3.40. The number of aliphatic hydroxyl groups is 1. The van der Waals surface area contributed by atoms with E-state index in [9.17, 15) is 15.4 Å². The molecule has 1 N–H and O–H groups in total. The Morgan fingerprint density at radius 1 is 1.30 bits per heavy atom. The minimum atomic E-state index is -0.926. The van der Waals surface area contributed by atoms with E-state index in [1.54, 1.807) is 6.20 Å². The zero-order valence-electron chi connectivity index (χ0n) is 20.4. The summed E-state index contributed by atoms with van der Waals surface area (Å²) in [6.45, 7) is 9.31. The molecule has 182 valence electrons. The normalized spacial score (nSPS) is 42.9. The number of azide groups is 1. The maximum atomic E-state index is 11.9. The van der Waals surface area contributed by atoms with Crippen molar-refractivity contribution >= 4 is 17.3 Å². The summed E-state index contributed by atoms with van der Waals surface area (Å²) >= 11 is 1.54. The van der Waals surface area contributed by atoms with Crippen LogP contribution >= 0.6 is 11.3 Å². The fourth-order valence-electron chi connectivity index (χ4n) is 7.89. The smallest absolute Gasteiger partial charge is 0.302 e. The first-order chi connectivity index (χ1) is 15.7. The second-order valence-electron chi connectivity index (χ2n) is 11.4. The summed E-state index contributed by atoms with van der Waals surface area (Å²) in [5, 5.41) is 18.8. The Bertz CT molecular complexity index is 903. The molecule has 0 amide bonds. The van der Waals surface area contributed by atoms with Crippen molar-refractivity contribution < 1.29 is 14.6 Å². The van der Waals surface area contributed by atoms with Gasteiger partial charge < -0.3 is 9.84 Å². The molecular weight excluding hydrogens is 436 g/mol. The molecule has 3 aliphatic rings. The SMILES string of the molecule is CC(=O)OC[C@H]1C[C@@H](C)CC[C@]1(C)[C@H]1CC[C@@]2(C)[C@@H](CC[C@@]2(O)c2nccs2)[C@@H]1CN=[N+]=[N-]. The summed E-state index contributed by atoms with van der Waals surface area (Å²) in [6.07, 6.45) is 8.62. The zero-order chi connectivity index (χ0) is 23.9. The van der Waals surface area contributed by atoms with Gasteiger partial charge in [0, 0.05) is 35.4 Å². The summed E-state index contributed by atoms with van der Waals surface area (Å²) in [5.41, 5.74) is 7.99. The van der Waals surface area contributed by atoms with Crippen LogP contribution in [0.15, 0.2) is 16.7 Å². The highest BCUT2D eigenvalue weighted by molar-refractivity contribution is 7.09. The lowest BCUT2D eigenvalue weighted by atomic mass is 9.48. The predicted octanol–water partition coefficient (Wildman–Crippen LogP) is 6.09. The Labute approximate surface area is 201 Å². The lowest BCUT2D eigenvalue weighted by Gasteiger charge is -2.58. The number of hydrogen-bond donors (Lipinski definition) is 1. The third-order valence-corrected chi connectivity index (χ3v) is 10.8. The van der Waals surface area contributed by atoms with Crippen LogP contribution in [0.3, 0.4) is 0 Å². The molecule has 8 atom stereocenters. The summed E-state index contributed by atoms with van der Waals surface area (Å²) in [7, 11) is 0. The second-order valence-corrected chi connectivity index (χ2v) is 12.3. The van der Waals surface area contributed by atoms with Crippen molar-refractivity contribution in [3.8, 4) is 0 Å². The van der Waals surface area contributed by atoms with Gasteiger partial charge in [-0.05, 0) is 79.1 Å². The molecule has 3 saturated carbocycles. The third kappa shape index (κ3) is 4.08. The maximum Gasteiger partial charge on any atom is 0.302 e. The first-order valence-electron chi connectivity index (χ1n) is 12.4. The number of esters is 1. The number of ether oxygens (including phenoxy) is 1. The van der Waals surface area contributed by atoms with Crippen LogP contribution in [0.2, 0.25) is 0 Å². The van der Waals surface area contributed by atoms with Gasteiger partial charge in [-0.2, -0.15) is 0 Å². The molecule has 0 saturated heterocycles. The number of rotatable bonds is 6. The highest BCUT2D eigenvalue weighted by Gasteiger charge is 2.64. The van der Waals surface area contributed by atoms with Gasteiger partial charge in [-0.3, -0.25) is 4.79 Å². The quantitative estimate of drug-likeness (QED) is 0.233. The molecule has 0 aliphatic heterocycles. The van der Waals surface area contributed by atoms with Crippen LogP contribution in [-0.2, 0) is 15.1 Å². The van der Waals surface area contributed by atoms with E-state index in [1.165, 1.54) is 24.7 Å². The molecule has 3 aliphatic carbocycles. The molecule has 0 unspecified atom stereocenters. The van der Waals surface area contributed by atoms with Gasteiger partial charge in [0.2, 0.25) is 0 Å². The van der Waals surface area contributed by atoms with Crippen molar-refractivity contribution in [1.82, 2.24) is 4.98 Å². The summed E-state index contributed by atoms with van der Waals surface area (Å²) in [6, 6.07) is 0. The number of carbonyl (C=O) groups is 1. The molecule has 1 heterocycles. The fourth-order valence-corrected chi connectivity index (χ4v) is 8.79. The molecule has 1 aromatic heterocycles. The van der Waals surface area contributed by atoms with Gasteiger partial charge in [0.1, 0.15) is 10.6 Å². The topological polar surface area (TPSA) is 108 Å². The summed E-state index contributed by atoms with van der Waals surface area (Å²) < 4.78 is 5.55. The van der Waals surface area contributed by atoms with E-state index in [0.717, 1.165) is 37.1 Å². The highest BCUT2D eigenvalue weighted by Crippen LogP contribution is 2.67. The van der Waals surface area contributed by atoms with Gasteiger partial charge in [0.15, 0.2) is 0 Å². The Balaban J connectivity index is 1.68. The molecule has 1 aromatic rings. The summed E-state index contributed by atoms with van der Waals surface area (Å²) in [4.78, 5) is 19.3. The predicted molar refractivity (Wildman–Crippen MR) is 128 cm³/mol. The van der Waals surface area contributed by atoms with Crippen molar-refractivity contribution in [3.05, 3.63) is 27.0 Å². The first-order valence-corrected chi connectivity index (χ1v) is 13.3. The Morgan fingerprint density at radius 2 is 2.06 bits per heavy atom. The number of hydrogen-bond acceptors (Lipinski definition) is 6. The van der Waals surface area contributed by atoms with Gasteiger partial charge in [-0.25, -0.2) is 4.98 Å². The fraction of sp³-hybridized carbons (Fsp3) is 0.840. The van der Waals surface area contributed by atoms with Gasteiger partial charge in [0.25, 0.3) is 0 Å². The van der Waals surface area contributed by atoms with E-state index in [-0.39, 0.29) is 28.6 Å². The van der Waals surface area contributed by atoms with E-state index in [2.05, 4.69) is 35.8 Å². The molecule has 3 fully saturated rings. The molecule has 7 nitrogen and oxygen atoms in total. The summed E-state index contributed by atoms with van der Waals surface area (Å²) in [5.74, 6) is 1.53. The lowest BCUT2D eigenvalue weighted by Crippen LogP contribution is -2.54. The number of carbonyl (C=O) groups excluding carboxylic acids is 1. The molecule has 0 spiro atoms. The maximum absolute atomic E-state index is 11.9. The standard InChI is InChI=1S/C25H38N4O3S/c1-16-5-8-23(3,18(13-16)15-32-17(2)30)20-6-9-24(4)21(19(20)14-28-29-26)7-10-25(24,31)22-27-11-12-33-22/h11-12,16,18-21,31H,5-10,13-15H2,1-4H3/t16-,18+,19+,20-,21-,23-,24-,25+/m0/s1. The Morgan fingerprint density at radius 3 is 2.73 bits per heavy atom. The van der Waals surface area contributed by atoms with Crippen LogP contribution in [0.5, 0.6) is 0 Å². The van der Waals surface area contributed by atoms with E-state index in [1.807, 2.05) is 5.38 Å². The van der Waals surface area contributed by atoms with Crippen LogP contribution in [0, 0.1) is 40.4 Å². The lowest BCUT2D eigenvalue weighted by molar-refractivity contribution is -0.154. The first kappa shape index (κ1) is 24.5. The molecular formula is C25H38N4O3S. The Hall–Kier alpha value is -1.63. The molecule has 0 bridgehead atoms. The van der Waals surface area contributed by atoms with E-state index < -0.39 is 5.60 Å². The third-order valence-electron chi connectivity index (χ3n) is 9.86. The van der Waals surface area contributed by atoms with Gasteiger partial charge in [0.05, 0.1) is 6.61 Å². The van der Waals surface area contributed by atoms with Crippen molar-refractivity contribution in [2.75, 3.05) is 13.2 Å². The van der Waals surface area contributed by atoms with Crippen LogP contribution in [-0.4, -0.2) is 29.2 Å². The molecule has 0 aromatic carbocycles. The van der Waals surface area contributed by atoms with Crippen LogP contribution in [0.25, 0.3) is 10.4 Å². The monoisotopic (exact) mass is 474 g/mol. The minimum absolute atomic E-state index is 0.0147. The highest BCUT2D eigenvalue weighted by atomic mass is 32.1. The van der Waals surface area contributed by atoms with E-state index in [4.69, 9.17) is 4.74 Å². The van der Waals surface area contributed by atoms with Crippen molar-refractivity contribution in [2.24, 2.45) is 45.5 Å². The second kappa shape index (κ2) is 9.20. The van der Waals surface area contributed by atoms with Crippen molar-refractivity contribution in [3.63, 3.8) is 0 Å². The van der Waals surface area contributed by atoms with Crippen LogP contribution in [0.4, 0.5) is 0 Å². The number of fused-ring (bicyclic) bond motifs is 1. The molecule has 33 heavy (non-hydrogen) atoms. The minimum Gasteiger partial charge on any atom is -0.466 e. The van der Waals surface area contributed by atoms with Crippen LogP contribution < -0.4 is 0 Å².